The Kier molecular flexibility index (Phi) is 5.41. The lowest BCUT2D eigenvalue weighted by atomic mass is 10.1. The second-order valence-electron chi connectivity index (χ2n) is 5.91. The summed E-state index contributed by atoms with van der Waals surface area (Å²) < 4.78 is 0. The van der Waals surface area contributed by atoms with Crippen molar-refractivity contribution in [3.05, 3.63) is 66.4 Å². The van der Waals surface area contributed by atoms with Crippen molar-refractivity contribution < 1.29 is 9.59 Å². The standard InChI is InChI=1S/C20H19N5O2/c1-13(26)15-5-3-6-16(11-15)23-19-9-10-21-20(25-19)24-18-8-4-7-17(12-18)22-14(2)27/h3-12H,1-2H3,(H,22,27)(H2,21,23,24,25). The van der Waals surface area contributed by atoms with Crippen LogP contribution < -0.4 is 16.0 Å². The number of nitrogens with one attached hydrogen (secondary N) is 3. The van der Waals surface area contributed by atoms with Crippen LogP contribution in [0.15, 0.2) is 60.8 Å². The SMILES string of the molecule is CC(=O)Nc1cccc(Nc2nccc(Nc3cccc(C(C)=O)c3)n2)c1. The van der Waals surface area contributed by atoms with Crippen LogP contribution >= 0.6 is 0 Å². The van der Waals surface area contributed by atoms with Crippen LogP contribution in [0, 0.1) is 0 Å². The summed E-state index contributed by atoms with van der Waals surface area (Å²) in [5.41, 5.74) is 2.82. The quantitative estimate of drug-likeness (QED) is 0.572. The number of hydrogen-bond donors (Lipinski definition) is 3. The number of aromatic nitrogens is 2. The number of anilines is 5. The van der Waals surface area contributed by atoms with E-state index in [2.05, 4.69) is 25.9 Å². The van der Waals surface area contributed by atoms with E-state index >= 15 is 0 Å². The van der Waals surface area contributed by atoms with Crippen LogP contribution in [-0.2, 0) is 4.79 Å². The van der Waals surface area contributed by atoms with Crippen LogP contribution in [0.5, 0.6) is 0 Å². The highest BCUT2D eigenvalue weighted by molar-refractivity contribution is 5.95. The van der Waals surface area contributed by atoms with E-state index in [0.29, 0.717) is 23.0 Å². The van der Waals surface area contributed by atoms with E-state index in [0.717, 1.165) is 11.4 Å². The maximum absolute atomic E-state index is 11.5. The largest absolute Gasteiger partial charge is 0.340 e. The molecule has 3 rings (SSSR count). The van der Waals surface area contributed by atoms with Gasteiger partial charge in [-0.05, 0) is 43.3 Å². The van der Waals surface area contributed by atoms with Crippen LogP contribution in [-0.4, -0.2) is 21.7 Å². The van der Waals surface area contributed by atoms with Crippen molar-refractivity contribution in [1.29, 1.82) is 0 Å². The first-order valence-electron chi connectivity index (χ1n) is 8.35. The summed E-state index contributed by atoms with van der Waals surface area (Å²) in [6.45, 7) is 2.99. The Hall–Kier alpha value is -3.74. The van der Waals surface area contributed by atoms with Crippen LogP contribution in [0.2, 0.25) is 0 Å². The number of carbonyl (C=O) groups excluding carboxylic acids is 2. The van der Waals surface area contributed by atoms with Gasteiger partial charge >= 0.3 is 0 Å². The molecule has 0 aliphatic carbocycles. The number of amides is 1. The Bertz CT molecular complexity index is 987. The second-order valence-corrected chi connectivity index (χ2v) is 5.91. The zero-order valence-corrected chi connectivity index (χ0v) is 15.0. The average Bonchev–Trinajstić information content (AvgIpc) is 2.62. The molecule has 136 valence electrons. The molecule has 0 aliphatic heterocycles. The lowest BCUT2D eigenvalue weighted by molar-refractivity contribution is -0.114. The zero-order chi connectivity index (χ0) is 19.2. The molecule has 1 heterocycles. The molecule has 3 aromatic rings. The molecule has 1 amide bonds. The highest BCUT2D eigenvalue weighted by Crippen LogP contribution is 2.20. The minimum absolute atomic E-state index is 0.00254. The van der Waals surface area contributed by atoms with E-state index < -0.39 is 0 Å². The van der Waals surface area contributed by atoms with Crippen LogP contribution in [0.3, 0.4) is 0 Å². The third-order valence-corrected chi connectivity index (χ3v) is 3.64. The lowest BCUT2D eigenvalue weighted by Crippen LogP contribution is -2.06. The first-order valence-corrected chi connectivity index (χ1v) is 8.35. The monoisotopic (exact) mass is 361 g/mol. The summed E-state index contributed by atoms with van der Waals surface area (Å²) in [5.74, 6) is 0.860. The average molecular weight is 361 g/mol. The number of Topliss-reactive ketones (excluding diaryl/α,β-unsaturated/α-hetero) is 1. The summed E-state index contributed by atoms with van der Waals surface area (Å²) in [5, 5.41) is 9.00. The molecule has 7 nitrogen and oxygen atoms in total. The summed E-state index contributed by atoms with van der Waals surface area (Å²) in [6, 6.07) is 16.2. The molecule has 1 aromatic heterocycles. The van der Waals surface area contributed by atoms with Crippen molar-refractivity contribution in [2.75, 3.05) is 16.0 Å². The highest BCUT2D eigenvalue weighted by atomic mass is 16.1. The van der Waals surface area contributed by atoms with Gasteiger partial charge in [-0.15, -0.1) is 0 Å². The van der Waals surface area contributed by atoms with Gasteiger partial charge in [0.2, 0.25) is 11.9 Å². The molecule has 0 atom stereocenters. The van der Waals surface area contributed by atoms with Crippen LogP contribution in [0.25, 0.3) is 0 Å². The molecule has 0 saturated heterocycles. The van der Waals surface area contributed by atoms with Gasteiger partial charge in [0.05, 0.1) is 0 Å². The number of nitrogens with zero attached hydrogens (tertiary/aromatic N) is 2. The minimum Gasteiger partial charge on any atom is -0.340 e. The maximum atomic E-state index is 11.5. The highest BCUT2D eigenvalue weighted by Gasteiger charge is 2.04. The van der Waals surface area contributed by atoms with E-state index in [-0.39, 0.29) is 11.7 Å². The van der Waals surface area contributed by atoms with Crippen molar-refractivity contribution in [3.63, 3.8) is 0 Å². The van der Waals surface area contributed by atoms with Crippen molar-refractivity contribution in [1.82, 2.24) is 9.97 Å². The van der Waals surface area contributed by atoms with Gasteiger partial charge in [-0.25, -0.2) is 4.98 Å². The van der Waals surface area contributed by atoms with Crippen molar-refractivity contribution in [2.24, 2.45) is 0 Å². The van der Waals surface area contributed by atoms with Gasteiger partial charge in [-0.2, -0.15) is 4.98 Å². The lowest BCUT2D eigenvalue weighted by Gasteiger charge is -2.10. The maximum Gasteiger partial charge on any atom is 0.229 e. The Morgan fingerprint density at radius 1 is 0.852 bits per heavy atom. The van der Waals surface area contributed by atoms with Crippen molar-refractivity contribution in [2.45, 2.75) is 13.8 Å². The predicted molar refractivity (Wildman–Crippen MR) is 106 cm³/mol. The molecule has 0 bridgehead atoms. The normalized spacial score (nSPS) is 10.1. The van der Waals surface area contributed by atoms with Gasteiger partial charge in [0.15, 0.2) is 5.78 Å². The summed E-state index contributed by atoms with van der Waals surface area (Å²) in [4.78, 5) is 31.3. The molecule has 0 radical (unpaired) electrons. The molecule has 27 heavy (non-hydrogen) atoms. The topological polar surface area (TPSA) is 96.0 Å². The van der Waals surface area contributed by atoms with Gasteiger partial charge < -0.3 is 16.0 Å². The molecule has 7 heteroatoms. The van der Waals surface area contributed by atoms with Gasteiger partial charge in [0.1, 0.15) is 5.82 Å². The minimum atomic E-state index is -0.137. The number of benzene rings is 2. The molecule has 0 fully saturated rings. The van der Waals surface area contributed by atoms with Gasteiger partial charge in [-0.3, -0.25) is 9.59 Å². The second kappa shape index (κ2) is 8.09. The molecular formula is C20H19N5O2. The molecular weight excluding hydrogens is 342 g/mol. The molecule has 3 N–H and O–H groups in total. The third-order valence-electron chi connectivity index (χ3n) is 3.64. The van der Waals surface area contributed by atoms with E-state index in [4.69, 9.17) is 0 Å². The Morgan fingerprint density at radius 2 is 1.56 bits per heavy atom. The molecule has 0 saturated carbocycles. The number of ketones is 1. The fourth-order valence-corrected chi connectivity index (χ4v) is 2.46. The fraction of sp³-hybridized carbons (Fsp3) is 0.100. The fourth-order valence-electron chi connectivity index (χ4n) is 2.46. The Morgan fingerprint density at radius 3 is 2.30 bits per heavy atom. The Balaban J connectivity index is 1.75. The first kappa shape index (κ1) is 18.1. The number of rotatable bonds is 6. The number of carbonyl (C=O) groups is 2. The van der Waals surface area contributed by atoms with Crippen LogP contribution in [0.4, 0.5) is 28.8 Å². The molecule has 0 unspecified atom stereocenters. The van der Waals surface area contributed by atoms with Crippen molar-refractivity contribution in [3.8, 4) is 0 Å². The van der Waals surface area contributed by atoms with Gasteiger partial charge in [0.25, 0.3) is 0 Å². The molecule has 0 spiro atoms. The first-order chi connectivity index (χ1) is 13.0. The van der Waals surface area contributed by atoms with E-state index in [9.17, 15) is 9.59 Å². The number of hydrogen-bond acceptors (Lipinski definition) is 6. The van der Waals surface area contributed by atoms with Gasteiger partial charge in [-0.1, -0.05) is 18.2 Å². The van der Waals surface area contributed by atoms with Gasteiger partial charge in [0, 0.05) is 35.7 Å². The Labute approximate surface area is 156 Å². The van der Waals surface area contributed by atoms with Crippen molar-refractivity contribution >= 4 is 40.5 Å². The predicted octanol–water partition coefficient (Wildman–Crippen LogP) is 4.12. The van der Waals surface area contributed by atoms with E-state index in [1.54, 1.807) is 36.5 Å². The smallest absolute Gasteiger partial charge is 0.229 e. The van der Waals surface area contributed by atoms with Crippen LogP contribution in [0.1, 0.15) is 24.2 Å². The summed E-state index contributed by atoms with van der Waals surface area (Å²) >= 11 is 0. The molecule has 0 aliphatic rings. The van der Waals surface area contributed by atoms with E-state index in [1.807, 2.05) is 24.3 Å². The van der Waals surface area contributed by atoms with E-state index in [1.165, 1.54) is 13.8 Å². The molecule has 2 aromatic carbocycles. The summed E-state index contributed by atoms with van der Waals surface area (Å²) in [6.07, 6.45) is 1.63. The summed E-state index contributed by atoms with van der Waals surface area (Å²) in [7, 11) is 0. The third kappa shape index (κ3) is 5.12. The zero-order valence-electron chi connectivity index (χ0n) is 15.0.